The van der Waals surface area contributed by atoms with E-state index in [1.54, 1.807) is 6.20 Å². The number of rotatable bonds is 6. The molecule has 4 aromatic rings. The van der Waals surface area contributed by atoms with Crippen LogP contribution in [0.3, 0.4) is 0 Å². The lowest BCUT2D eigenvalue weighted by Crippen LogP contribution is -2.28. The molecule has 5 nitrogen and oxygen atoms in total. The first-order chi connectivity index (χ1) is 14.2. The highest BCUT2D eigenvalue weighted by molar-refractivity contribution is 5.78. The lowest BCUT2D eigenvalue weighted by molar-refractivity contribution is -0.123. The third-order valence-electron chi connectivity index (χ3n) is 4.71. The van der Waals surface area contributed by atoms with Crippen LogP contribution in [0.25, 0.3) is 22.3 Å². The maximum atomic E-state index is 12.1. The van der Waals surface area contributed by atoms with Gasteiger partial charge in [-0.3, -0.25) is 9.78 Å². The number of fused-ring (bicyclic) bond motifs is 1. The Hall–Kier alpha value is -3.73. The second-order valence-electron chi connectivity index (χ2n) is 6.76. The van der Waals surface area contributed by atoms with Crippen molar-refractivity contribution < 1.29 is 9.53 Å². The predicted molar refractivity (Wildman–Crippen MR) is 113 cm³/mol. The van der Waals surface area contributed by atoms with Crippen LogP contribution in [0.15, 0.2) is 79.0 Å². The Morgan fingerprint density at radius 2 is 1.66 bits per heavy atom. The van der Waals surface area contributed by atoms with Gasteiger partial charge >= 0.3 is 0 Å². The Kier molecular flexibility index (Phi) is 5.47. The molecule has 29 heavy (non-hydrogen) atoms. The molecule has 0 aliphatic heterocycles. The van der Waals surface area contributed by atoms with Crippen LogP contribution in [0.1, 0.15) is 11.1 Å². The van der Waals surface area contributed by atoms with Crippen molar-refractivity contribution in [3.05, 3.63) is 90.1 Å². The molecule has 5 heteroatoms. The maximum Gasteiger partial charge on any atom is 0.258 e. The van der Waals surface area contributed by atoms with E-state index in [9.17, 15) is 4.79 Å². The van der Waals surface area contributed by atoms with E-state index in [4.69, 9.17) is 4.74 Å². The Bertz CT molecular complexity index is 1140. The zero-order valence-corrected chi connectivity index (χ0v) is 16.1. The van der Waals surface area contributed by atoms with Gasteiger partial charge in [-0.15, -0.1) is 0 Å². The van der Waals surface area contributed by atoms with Crippen LogP contribution in [0.2, 0.25) is 0 Å². The van der Waals surface area contributed by atoms with Crippen LogP contribution >= 0.6 is 0 Å². The summed E-state index contributed by atoms with van der Waals surface area (Å²) < 4.78 is 5.60. The topological polar surface area (TPSA) is 64.1 Å². The van der Waals surface area contributed by atoms with Gasteiger partial charge in [0.05, 0.1) is 22.9 Å². The standard InChI is InChI=1S/C24H21N3O2/c1-17-6-2-3-7-19(17)14-26-24(28)16-29-20-12-10-18(11-13-20)23-15-25-21-8-4-5-9-22(21)27-23/h2-13,15H,14,16H2,1H3,(H,26,28). The number of aromatic nitrogens is 2. The van der Waals surface area contributed by atoms with Gasteiger partial charge in [-0.25, -0.2) is 4.98 Å². The number of aryl methyl sites for hydroxylation is 1. The molecule has 1 aromatic heterocycles. The molecule has 0 spiro atoms. The fourth-order valence-electron chi connectivity index (χ4n) is 3.02. The van der Waals surface area contributed by atoms with E-state index in [1.165, 1.54) is 0 Å². The van der Waals surface area contributed by atoms with Crippen LogP contribution in [0.5, 0.6) is 5.75 Å². The average molecular weight is 383 g/mol. The molecule has 0 saturated carbocycles. The maximum absolute atomic E-state index is 12.1. The number of amides is 1. The summed E-state index contributed by atoms with van der Waals surface area (Å²) in [4.78, 5) is 21.1. The molecule has 0 saturated heterocycles. The summed E-state index contributed by atoms with van der Waals surface area (Å²) in [5.41, 5.74) is 5.72. The van der Waals surface area contributed by atoms with Crippen LogP contribution < -0.4 is 10.1 Å². The number of nitrogens with one attached hydrogen (secondary N) is 1. The van der Waals surface area contributed by atoms with Crippen LogP contribution in [-0.4, -0.2) is 22.5 Å². The summed E-state index contributed by atoms with van der Waals surface area (Å²) >= 11 is 0. The fourth-order valence-corrected chi connectivity index (χ4v) is 3.02. The average Bonchev–Trinajstić information content (AvgIpc) is 2.77. The minimum atomic E-state index is -0.155. The summed E-state index contributed by atoms with van der Waals surface area (Å²) in [5, 5.41) is 2.88. The third-order valence-corrected chi connectivity index (χ3v) is 4.71. The van der Waals surface area contributed by atoms with Gasteiger partial charge < -0.3 is 10.1 Å². The minimum Gasteiger partial charge on any atom is -0.484 e. The third kappa shape index (κ3) is 4.58. The molecule has 1 amide bonds. The molecule has 3 aromatic carbocycles. The highest BCUT2D eigenvalue weighted by Gasteiger charge is 2.06. The van der Waals surface area contributed by atoms with E-state index < -0.39 is 0 Å². The predicted octanol–water partition coefficient (Wildman–Crippen LogP) is 4.30. The normalized spacial score (nSPS) is 10.7. The van der Waals surface area contributed by atoms with Gasteiger partial charge in [0.1, 0.15) is 5.75 Å². The number of para-hydroxylation sites is 2. The lowest BCUT2D eigenvalue weighted by Gasteiger charge is -2.09. The van der Waals surface area contributed by atoms with Crippen molar-refractivity contribution >= 4 is 16.9 Å². The molecule has 0 fully saturated rings. The van der Waals surface area contributed by atoms with Crippen molar-refractivity contribution in [1.82, 2.24) is 15.3 Å². The Morgan fingerprint density at radius 1 is 0.931 bits per heavy atom. The van der Waals surface area contributed by atoms with Gasteiger partial charge in [-0.05, 0) is 54.4 Å². The molecule has 1 heterocycles. The Labute approximate surface area is 169 Å². The smallest absolute Gasteiger partial charge is 0.258 e. The molecule has 0 aliphatic rings. The van der Waals surface area contributed by atoms with Crippen molar-refractivity contribution in [1.29, 1.82) is 0 Å². The summed E-state index contributed by atoms with van der Waals surface area (Å²) in [7, 11) is 0. The molecule has 0 atom stereocenters. The number of ether oxygens (including phenoxy) is 1. The fraction of sp³-hybridized carbons (Fsp3) is 0.125. The number of benzene rings is 3. The second-order valence-corrected chi connectivity index (χ2v) is 6.76. The zero-order valence-electron chi connectivity index (χ0n) is 16.1. The quantitative estimate of drug-likeness (QED) is 0.539. The van der Waals surface area contributed by atoms with Crippen LogP contribution in [-0.2, 0) is 11.3 Å². The van der Waals surface area contributed by atoms with E-state index >= 15 is 0 Å². The van der Waals surface area contributed by atoms with Gasteiger partial charge in [0.2, 0.25) is 0 Å². The molecule has 0 unspecified atom stereocenters. The van der Waals surface area contributed by atoms with Gasteiger partial charge in [-0.1, -0.05) is 36.4 Å². The number of nitrogens with zero attached hydrogens (tertiary/aromatic N) is 2. The van der Waals surface area contributed by atoms with E-state index in [1.807, 2.05) is 79.7 Å². The van der Waals surface area contributed by atoms with Crippen molar-refractivity contribution in [2.45, 2.75) is 13.5 Å². The van der Waals surface area contributed by atoms with Crippen molar-refractivity contribution in [3.8, 4) is 17.0 Å². The zero-order chi connectivity index (χ0) is 20.1. The van der Waals surface area contributed by atoms with E-state index in [0.717, 1.165) is 33.4 Å². The summed E-state index contributed by atoms with van der Waals surface area (Å²) in [6, 6.07) is 23.3. The monoisotopic (exact) mass is 383 g/mol. The minimum absolute atomic E-state index is 0.0268. The number of carbonyl (C=O) groups excluding carboxylic acids is 1. The molecule has 4 rings (SSSR count). The summed E-state index contributed by atoms with van der Waals surface area (Å²) in [6.07, 6.45) is 1.76. The van der Waals surface area contributed by atoms with Crippen LogP contribution in [0.4, 0.5) is 0 Å². The second kappa shape index (κ2) is 8.52. The molecule has 0 bridgehead atoms. The number of hydrogen-bond acceptors (Lipinski definition) is 4. The molecular formula is C24H21N3O2. The Morgan fingerprint density at radius 3 is 2.45 bits per heavy atom. The van der Waals surface area contributed by atoms with Crippen molar-refractivity contribution in [2.75, 3.05) is 6.61 Å². The van der Waals surface area contributed by atoms with Gasteiger partial charge in [0, 0.05) is 12.1 Å². The summed E-state index contributed by atoms with van der Waals surface area (Å²) in [5.74, 6) is 0.478. The number of hydrogen-bond donors (Lipinski definition) is 1. The Balaban J connectivity index is 1.34. The first kappa shape index (κ1) is 18.6. The van der Waals surface area contributed by atoms with Gasteiger partial charge in [-0.2, -0.15) is 0 Å². The highest BCUT2D eigenvalue weighted by Crippen LogP contribution is 2.22. The first-order valence-corrected chi connectivity index (χ1v) is 9.45. The summed E-state index contributed by atoms with van der Waals surface area (Å²) in [6.45, 7) is 2.49. The molecular weight excluding hydrogens is 362 g/mol. The highest BCUT2D eigenvalue weighted by atomic mass is 16.5. The van der Waals surface area contributed by atoms with Crippen molar-refractivity contribution in [2.24, 2.45) is 0 Å². The van der Waals surface area contributed by atoms with E-state index in [-0.39, 0.29) is 12.5 Å². The van der Waals surface area contributed by atoms with Gasteiger partial charge in [0.15, 0.2) is 6.61 Å². The SMILES string of the molecule is Cc1ccccc1CNC(=O)COc1ccc(-c2cnc3ccccc3n2)cc1. The molecule has 0 radical (unpaired) electrons. The van der Waals surface area contributed by atoms with E-state index in [0.29, 0.717) is 12.3 Å². The molecule has 1 N–H and O–H groups in total. The van der Waals surface area contributed by atoms with Gasteiger partial charge in [0.25, 0.3) is 5.91 Å². The van der Waals surface area contributed by atoms with E-state index in [2.05, 4.69) is 15.3 Å². The van der Waals surface area contributed by atoms with Crippen LogP contribution in [0, 0.1) is 6.92 Å². The van der Waals surface area contributed by atoms with Crippen molar-refractivity contribution in [3.63, 3.8) is 0 Å². The number of carbonyl (C=O) groups is 1. The lowest BCUT2D eigenvalue weighted by atomic mass is 10.1. The molecule has 144 valence electrons. The molecule has 0 aliphatic carbocycles. The first-order valence-electron chi connectivity index (χ1n) is 9.45. The largest absolute Gasteiger partial charge is 0.484 e.